The van der Waals surface area contributed by atoms with Crippen LogP contribution in [0.2, 0.25) is 0 Å². The van der Waals surface area contributed by atoms with Crippen molar-refractivity contribution < 1.29 is 18.3 Å². The molecule has 0 radical (unpaired) electrons. The van der Waals surface area contributed by atoms with Crippen molar-refractivity contribution in [2.24, 2.45) is 10.7 Å². The van der Waals surface area contributed by atoms with Gasteiger partial charge in [-0.2, -0.15) is 15.0 Å². The third-order valence-electron chi connectivity index (χ3n) is 7.75. The van der Waals surface area contributed by atoms with E-state index in [0.717, 1.165) is 31.8 Å². The van der Waals surface area contributed by atoms with Gasteiger partial charge < -0.3 is 30.3 Å². The molecular formula is C27H34F2N10O2. The number of piperidine rings is 1. The molecular weight excluding hydrogens is 534 g/mol. The zero-order valence-corrected chi connectivity index (χ0v) is 23.1. The van der Waals surface area contributed by atoms with Crippen LogP contribution in [0.1, 0.15) is 37.3 Å². The Morgan fingerprint density at radius 3 is 2.51 bits per heavy atom. The number of fused-ring (bicyclic) bond motifs is 1. The lowest BCUT2D eigenvalue weighted by Gasteiger charge is -2.32. The smallest absolute Gasteiger partial charge is 0.296 e. The summed E-state index contributed by atoms with van der Waals surface area (Å²) < 4.78 is 40.8. The lowest BCUT2D eigenvalue weighted by molar-refractivity contribution is 0.122. The Kier molecular flexibility index (Phi) is 7.53. The summed E-state index contributed by atoms with van der Waals surface area (Å²) in [5.41, 5.74) is 6.36. The van der Waals surface area contributed by atoms with E-state index in [-0.39, 0.29) is 17.3 Å². The average Bonchev–Trinajstić information content (AvgIpc) is 3.40. The van der Waals surface area contributed by atoms with Crippen LogP contribution in [-0.2, 0) is 10.3 Å². The topological polar surface area (TPSA) is 132 Å². The number of benzene rings is 1. The fourth-order valence-electron chi connectivity index (χ4n) is 5.34. The van der Waals surface area contributed by atoms with Gasteiger partial charge in [-0.05, 0) is 57.6 Å². The van der Waals surface area contributed by atoms with Gasteiger partial charge in [0.05, 0.1) is 25.8 Å². The van der Waals surface area contributed by atoms with Crippen LogP contribution in [0.15, 0.2) is 35.1 Å². The van der Waals surface area contributed by atoms with Crippen molar-refractivity contribution >= 4 is 23.2 Å². The van der Waals surface area contributed by atoms with Crippen molar-refractivity contribution in [3.8, 4) is 11.7 Å². The van der Waals surface area contributed by atoms with Crippen molar-refractivity contribution in [1.29, 1.82) is 0 Å². The number of nitrogens with two attached hydrogens (primary N) is 1. The van der Waals surface area contributed by atoms with Crippen LogP contribution in [0.5, 0.6) is 5.75 Å². The highest BCUT2D eigenvalue weighted by Crippen LogP contribution is 2.33. The SMILES string of the molecule is COc1cccc2c1nc(C(F)F)n2-c1nc(N2CCOCC2)nc(C2(N)C=NC(NC3CCN(C)CC3)=CC2)n1. The van der Waals surface area contributed by atoms with Crippen LogP contribution >= 0.6 is 0 Å². The second-order valence-corrected chi connectivity index (χ2v) is 10.6. The van der Waals surface area contributed by atoms with Gasteiger partial charge in [-0.3, -0.25) is 4.57 Å². The van der Waals surface area contributed by atoms with Gasteiger partial charge in [0.2, 0.25) is 11.9 Å². The van der Waals surface area contributed by atoms with Crippen LogP contribution in [0.25, 0.3) is 17.0 Å². The van der Waals surface area contributed by atoms with Gasteiger partial charge in [0.15, 0.2) is 11.6 Å². The molecule has 3 N–H and O–H groups in total. The maximum atomic E-state index is 14.3. The van der Waals surface area contributed by atoms with Gasteiger partial charge in [-0.15, -0.1) is 0 Å². The zero-order chi connectivity index (χ0) is 28.6. The molecule has 0 bridgehead atoms. The summed E-state index contributed by atoms with van der Waals surface area (Å²) in [7, 11) is 3.59. The number of nitrogens with zero attached hydrogens (tertiary/aromatic N) is 8. The summed E-state index contributed by atoms with van der Waals surface area (Å²) in [6.07, 6.45) is 3.13. The van der Waals surface area contributed by atoms with Crippen molar-refractivity contribution in [1.82, 2.24) is 34.7 Å². The van der Waals surface area contributed by atoms with Gasteiger partial charge in [-0.1, -0.05) is 6.07 Å². The zero-order valence-electron chi connectivity index (χ0n) is 23.1. The highest BCUT2D eigenvalue weighted by atomic mass is 19.3. The highest BCUT2D eigenvalue weighted by Gasteiger charge is 2.34. The fraction of sp³-hybridized carbons (Fsp3) is 0.519. The lowest BCUT2D eigenvalue weighted by Crippen LogP contribution is -2.45. The monoisotopic (exact) mass is 568 g/mol. The first-order chi connectivity index (χ1) is 19.8. The Labute approximate surface area is 236 Å². The van der Waals surface area contributed by atoms with E-state index >= 15 is 0 Å². The molecule has 2 fully saturated rings. The van der Waals surface area contributed by atoms with E-state index in [4.69, 9.17) is 20.2 Å². The molecule has 0 saturated carbocycles. The number of morpholine rings is 1. The Hall–Kier alpha value is -3.75. The molecule has 12 nitrogen and oxygen atoms in total. The van der Waals surface area contributed by atoms with Gasteiger partial charge in [-0.25, -0.2) is 18.8 Å². The first kappa shape index (κ1) is 27.4. The van der Waals surface area contributed by atoms with Crippen molar-refractivity contribution in [2.45, 2.75) is 37.3 Å². The number of aliphatic imine (C=N–C) groups is 1. The summed E-state index contributed by atoms with van der Waals surface area (Å²) in [5, 5.41) is 3.51. The third-order valence-corrected chi connectivity index (χ3v) is 7.75. The Morgan fingerprint density at radius 2 is 1.83 bits per heavy atom. The fourth-order valence-corrected chi connectivity index (χ4v) is 5.34. The molecule has 0 aliphatic carbocycles. The number of nitrogens with one attached hydrogen (secondary N) is 1. The van der Waals surface area contributed by atoms with E-state index in [9.17, 15) is 8.78 Å². The summed E-state index contributed by atoms with van der Waals surface area (Å²) in [4.78, 5) is 27.1. The van der Waals surface area contributed by atoms with E-state index in [1.165, 1.54) is 11.7 Å². The molecule has 218 valence electrons. The Balaban J connectivity index is 1.39. The van der Waals surface area contributed by atoms with Crippen molar-refractivity contribution in [2.75, 3.05) is 58.5 Å². The summed E-state index contributed by atoms with van der Waals surface area (Å²) in [6, 6.07) is 5.40. The predicted octanol–water partition coefficient (Wildman–Crippen LogP) is 2.15. The van der Waals surface area contributed by atoms with Gasteiger partial charge >= 0.3 is 0 Å². The lowest BCUT2D eigenvalue weighted by atomic mass is 9.95. The number of ether oxygens (including phenoxy) is 2. The van der Waals surface area contributed by atoms with E-state index < -0.39 is 17.8 Å². The van der Waals surface area contributed by atoms with Crippen molar-refractivity contribution in [3.05, 3.63) is 41.7 Å². The quantitative estimate of drug-likeness (QED) is 0.437. The molecule has 0 spiro atoms. The molecule has 0 amide bonds. The maximum Gasteiger partial charge on any atom is 0.296 e. The molecule has 2 saturated heterocycles. The number of likely N-dealkylation sites (tertiary alicyclic amines) is 1. The second kappa shape index (κ2) is 11.3. The standard InChI is InChI=1S/C27H34F2N10O2/c1-37-10-7-17(8-11-37)32-20-6-9-27(30,16-31-20)24-34-25(38-12-14-41-15-13-38)36-26(35-24)39-18-4-3-5-19(40-2)21(18)33-23(39)22(28)29/h3-6,16-17,22,32H,7-15,30H2,1-2H3. The molecule has 1 aromatic carbocycles. The summed E-state index contributed by atoms with van der Waals surface area (Å²) >= 11 is 0. The molecule has 6 rings (SSSR count). The minimum atomic E-state index is -2.89. The number of aromatic nitrogens is 5. The second-order valence-electron chi connectivity index (χ2n) is 10.6. The van der Waals surface area contributed by atoms with Gasteiger partial charge in [0.25, 0.3) is 6.43 Å². The van der Waals surface area contributed by atoms with E-state index in [1.54, 1.807) is 24.4 Å². The van der Waals surface area contributed by atoms with E-state index in [0.29, 0.717) is 56.0 Å². The van der Waals surface area contributed by atoms with Crippen LogP contribution in [0.3, 0.4) is 0 Å². The Bertz CT molecular complexity index is 1460. The molecule has 5 heterocycles. The number of hydrogen-bond acceptors (Lipinski definition) is 11. The normalized spacial score (nSPS) is 22.4. The summed E-state index contributed by atoms with van der Waals surface area (Å²) in [6.45, 7) is 4.13. The minimum absolute atomic E-state index is 0.00000290. The number of halogens is 2. The molecule has 41 heavy (non-hydrogen) atoms. The molecule has 3 aromatic rings. The highest BCUT2D eigenvalue weighted by molar-refractivity contribution is 5.84. The Morgan fingerprint density at radius 1 is 1.07 bits per heavy atom. The van der Waals surface area contributed by atoms with E-state index in [2.05, 4.69) is 37.2 Å². The number of alkyl halides is 2. The molecule has 1 unspecified atom stereocenters. The van der Waals surface area contributed by atoms with Crippen LogP contribution < -0.4 is 20.7 Å². The number of imidazole rings is 1. The largest absolute Gasteiger partial charge is 0.494 e. The van der Waals surface area contributed by atoms with Crippen LogP contribution in [0, 0.1) is 0 Å². The first-order valence-corrected chi connectivity index (χ1v) is 13.8. The molecule has 3 aliphatic rings. The molecule has 3 aliphatic heterocycles. The number of hydrogen-bond donors (Lipinski definition) is 2. The van der Waals surface area contributed by atoms with E-state index in [1.807, 2.05) is 11.0 Å². The van der Waals surface area contributed by atoms with Crippen LogP contribution in [-0.4, -0.2) is 95.2 Å². The third kappa shape index (κ3) is 5.46. The number of rotatable bonds is 7. The predicted molar refractivity (Wildman–Crippen MR) is 150 cm³/mol. The van der Waals surface area contributed by atoms with Gasteiger partial charge in [0, 0.05) is 25.3 Å². The first-order valence-electron chi connectivity index (χ1n) is 13.8. The molecule has 1 atom stereocenters. The number of methoxy groups -OCH3 is 1. The van der Waals surface area contributed by atoms with Crippen LogP contribution in [0.4, 0.5) is 14.7 Å². The molecule has 14 heteroatoms. The van der Waals surface area contributed by atoms with Gasteiger partial charge in [0.1, 0.15) is 22.6 Å². The number of anilines is 1. The molecule has 2 aromatic heterocycles. The number of para-hydroxylation sites is 1. The average molecular weight is 569 g/mol. The van der Waals surface area contributed by atoms with Crippen molar-refractivity contribution in [3.63, 3.8) is 0 Å². The summed E-state index contributed by atoms with van der Waals surface area (Å²) in [5.74, 6) is 1.19. The minimum Gasteiger partial charge on any atom is -0.494 e. The maximum absolute atomic E-state index is 14.3.